The highest BCUT2D eigenvalue weighted by atomic mass is 32.1. The molecule has 3 rings (SSSR count). The molecule has 8 heteroatoms. The van der Waals surface area contributed by atoms with Gasteiger partial charge >= 0.3 is 6.18 Å². The molecule has 1 aromatic heterocycles. The summed E-state index contributed by atoms with van der Waals surface area (Å²) in [7, 11) is 0. The van der Waals surface area contributed by atoms with Gasteiger partial charge in [0.2, 0.25) is 0 Å². The molecule has 1 heterocycles. The Labute approximate surface area is 119 Å². The van der Waals surface area contributed by atoms with Gasteiger partial charge in [-0.25, -0.2) is 13.8 Å². The average Bonchev–Trinajstić information content (AvgIpc) is 2.94. The number of halogens is 5. The number of aliphatic hydroxyl groups is 1. The third kappa shape index (κ3) is 2.32. The zero-order valence-electron chi connectivity index (χ0n) is 10.3. The number of fused-ring (bicyclic) bond motifs is 1. The molecule has 0 saturated heterocycles. The fraction of sp³-hybridized carbons (Fsp3) is 0.308. The second-order valence-electron chi connectivity index (χ2n) is 4.75. The van der Waals surface area contributed by atoms with Gasteiger partial charge in [-0.1, -0.05) is 18.2 Å². The Kier molecular flexibility index (Phi) is 3.07. The number of hydrogen-bond acceptors (Lipinski definition) is 3. The molecule has 2 aromatic rings. The first-order valence-electron chi connectivity index (χ1n) is 5.91. The Hall–Kier alpha value is -1.54. The van der Waals surface area contributed by atoms with E-state index < -0.39 is 29.6 Å². The van der Waals surface area contributed by atoms with Crippen LogP contribution in [0.1, 0.15) is 22.2 Å². The predicted octanol–water partition coefficient (Wildman–Crippen LogP) is 4.05. The van der Waals surface area contributed by atoms with Crippen LogP contribution < -0.4 is 0 Å². The molecule has 2 nitrogen and oxygen atoms in total. The number of alkyl halides is 5. The summed E-state index contributed by atoms with van der Waals surface area (Å²) in [5.74, 6) is -3.32. The van der Waals surface area contributed by atoms with E-state index in [1.54, 1.807) is 0 Å². The standard InChI is InChI=1S/C13H8F5NOS/c14-12(15)4-8-6(2-1-3-7(8)10(12)20)9-5-21-11(19-9)13(16,17)18/h1-3,5,10,20H,4H2. The summed E-state index contributed by atoms with van der Waals surface area (Å²) >= 11 is 0.411. The van der Waals surface area contributed by atoms with Crippen molar-refractivity contribution in [2.24, 2.45) is 0 Å². The minimum atomic E-state index is -4.57. The molecule has 1 atom stereocenters. The third-order valence-corrected chi connectivity index (χ3v) is 4.23. The van der Waals surface area contributed by atoms with E-state index in [4.69, 9.17) is 0 Å². The maximum Gasteiger partial charge on any atom is 0.443 e. The van der Waals surface area contributed by atoms with Crippen LogP contribution in [-0.2, 0) is 12.6 Å². The van der Waals surface area contributed by atoms with Crippen molar-refractivity contribution in [3.63, 3.8) is 0 Å². The predicted molar refractivity (Wildman–Crippen MR) is 66.2 cm³/mol. The van der Waals surface area contributed by atoms with E-state index in [1.165, 1.54) is 23.6 Å². The highest BCUT2D eigenvalue weighted by Crippen LogP contribution is 2.46. The SMILES string of the molecule is OC1c2cccc(-c3csc(C(F)(F)F)n3)c2CC1(F)F. The molecule has 21 heavy (non-hydrogen) atoms. The summed E-state index contributed by atoms with van der Waals surface area (Å²) < 4.78 is 64.8. The molecule has 0 aliphatic heterocycles. The normalized spacial score (nSPS) is 20.6. The van der Waals surface area contributed by atoms with Crippen molar-refractivity contribution in [2.45, 2.75) is 24.6 Å². The van der Waals surface area contributed by atoms with Crippen LogP contribution in [0.2, 0.25) is 0 Å². The number of thiazole rings is 1. The quantitative estimate of drug-likeness (QED) is 0.804. The first-order valence-corrected chi connectivity index (χ1v) is 6.79. The van der Waals surface area contributed by atoms with Crippen LogP contribution in [0.15, 0.2) is 23.6 Å². The molecule has 1 unspecified atom stereocenters. The summed E-state index contributed by atoms with van der Waals surface area (Å²) in [6.07, 6.45) is -7.21. The van der Waals surface area contributed by atoms with Crippen molar-refractivity contribution >= 4 is 11.3 Å². The molecule has 1 aliphatic carbocycles. The van der Waals surface area contributed by atoms with Crippen molar-refractivity contribution in [1.82, 2.24) is 4.98 Å². The molecule has 112 valence electrons. The number of benzene rings is 1. The number of aliphatic hydroxyl groups excluding tert-OH is 1. The summed E-state index contributed by atoms with van der Waals surface area (Å²) in [4.78, 5) is 3.47. The number of aromatic nitrogens is 1. The van der Waals surface area contributed by atoms with Crippen molar-refractivity contribution < 1.29 is 27.1 Å². The molecule has 0 radical (unpaired) electrons. The Morgan fingerprint density at radius 1 is 1.29 bits per heavy atom. The molecule has 0 bridgehead atoms. The van der Waals surface area contributed by atoms with Crippen LogP contribution >= 0.6 is 11.3 Å². The van der Waals surface area contributed by atoms with Gasteiger partial charge in [0.1, 0.15) is 6.10 Å². The Morgan fingerprint density at radius 3 is 2.62 bits per heavy atom. The zero-order valence-corrected chi connectivity index (χ0v) is 11.1. The zero-order chi connectivity index (χ0) is 15.4. The molecule has 1 aliphatic rings. The van der Waals surface area contributed by atoms with E-state index in [9.17, 15) is 27.1 Å². The Balaban J connectivity index is 2.09. The van der Waals surface area contributed by atoms with Crippen LogP contribution in [0.25, 0.3) is 11.3 Å². The fourth-order valence-electron chi connectivity index (χ4n) is 2.39. The minimum absolute atomic E-state index is 0.00549. The molecule has 0 saturated carbocycles. The lowest BCUT2D eigenvalue weighted by Gasteiger charge is -2.12. The fourth-order valence-corrected chi connectivity index (χ4v) is 3.07. The first kappa shape index (κ1) is 14.4. The second kappa shape index (κ2) is 4.48. The van der Waals surface area contributed by atoms with E-state index in [-0.39, 0.29) is 22.4 Å². The monoisotopic (exact) mass is 321 g/mol. The molecule has 1 aromatic carbocycles. The molecular formula is C13H8F5NOS. The van der Waals surface area contributed by atoms with E-state index in [0.717, 1.165) is 0 Å². The lowest BCUT2D eigenvalue weighted by molar-refractivity contribution is -0.137. The van der Waals surface area contributed by atoms with E-state index >= 15 is 0 Å². The van der Waals surface area contributed by atoms with Gasteiger partial charge in [-0.15, -0.1) is 11.3 Å². The van der Waals surface area contributed by atoms with Crippen molar-refractivity contribution in [3.8, 4) is 11.3 Å². The molecule has 0 fully saturated rings. The summed E-state index contributed by atoms with van der Waals surface area (Å²) in [6.45, 7) is 0. The highest BCUT2D eigenvalue weighted by molar-refractivity contribution is 7.10. The third-order valence-electron chi connectivity index (χ3n) is 3.34. The van der Waals surface area contributed by atoms with Crippen molar-refractivity contribution in [1.29, 1.82) is 0 Å². The molecule has 0 amide bonds. The van der Waals surface area contributed by atoms with Gasteiger partial charge in [-0.05, 0) is 11.1 Å². The first-order chi connectivity index (χ1) is 9.70. The summed E-state index contributed by atoms with van der Waals surface area (Å²) in [5, 5.41) is 9.72. The van der Waals surface area contributed by atoms with Gasteiger partial charge in [-0.3, -0.25) is 0 Å². The molecular weight excluding hydrogens is 313 g/mol. The van der Waals surface area contributed by atoms with Crippen LogP contribution in [0, 0.1) is 0 Å². The molecule has 0 spiro atoms. The van der Waals surface area contributed by atoms with E-state index in [1.807, 2.05) is 0 Å². The van der Waals surface area contributed by atoms with Crippen LogP contribution in [0.3, 0.4) is 0 Å². The van der Waals surface area contributed by atoms with E-state index in [2.05, 4.69) is 4.98 Å². The topological polar surface area (TPSA) is 33.1 Å². The largest absolute Gasteiger partial charge is 0.443 e. The van der Waals surface area contributed by atoms with Gasteiger partial charge in [0.15, 0.2) is 5.01 Å². The highest BCUT2D eigenvalue weighted by Gasteiger charge is 2.47. The maximum atomic E-state index is 13.6. The van der Waals surface area contributed by atoms with Crippen molar-refractivity contribution in [3.05, 3.63) is 39.7 Å². The average molecular weight is 321 g/mol. The smallest absolute Gasteiger partial charge is 0.382 e. The lowest BCUT2D eigenvalue weighted by Crippen LogP contribution is -2.21. The summed E-state index contributed by atoms with van der Waals surface area (Å²) in [6, 6.07) is 4.20. The number of hydrogen-bond donors (Lipinski definition) is 1. The Morgan fingerprint density at radius 2 is 2.00 bits per heavy atom. The van der Waals surface area contributed by atoms with Crippen molar-refractivity contribution in [2.75, 3.05) is 0 Å². The second-order valence-corrected chi connectivity index (χ2v) is 5.61. The summed E-state index contributed by atoms with van der Waals surface area (Å²) in [5.41, 5.74) is 0.387. The van der Waals surface area contributed by atoms with Gasteiger partial charge < -0.3 is 5.11 Å². The van der Waals surface area contributed by atoms with Crippen LogP contribution in [0.4, 0.5) is 22.0 Å². The van der Waals surface area contributed by atoms with Gasteiger partial charge in [-0.2, -0.15) is 13.2 Å². The van der Waals surface area contributed by atoms with Crippen LogP contribution in [0.5, 0.6) is 0 Å². The van der Waals surface area contributed by atoms with Gasteiger partial charge in [0.25, 0.3) is 5.92 Å². The lowest BCUT2D eigenvalue weighted by atomic mass is 10.0. The maximum absolute atomic E-state index is 13.6. The van der Waals surface area contributed by atoms with E-state index in [0.29, 0.717) is 11.3 Å². The molecule has 1 N–H and O–H groups in total. The number of nitrogens with zero attached hydrogens (tertiary/aromatic N) is 1. The van der Waals surface area contributed by atoms with Gasteiger partial charge in [0, 0.05) is 17.4 Å². The van der Waals surface area contributed by atoms with Gasteiger partial charge in [0.05, 0.1) is 5.69 Å². The minimum Gasteiger partial charge on any atom is -0.382 e. The Bertz CT molecular complexity index is 694. The number of rotatable bonds is 1. The van der Waals surface area contributed by atoms with Crippen LogP contribution in [-0.4, -0.2) is 16.0 Å².